The number of halogens is 1. The van der Waals surface area contributed by atoms with E-state index in [9.17, 15) is 9.50 Å². The first-order chi connectivity index (χ1) is 8.29. The number of thioether (sulfide) groups is 1. The molecule has 1 aromatic rings. The molecule has 4 heteroatoms. The van der Waals surface area contributed by atoms with Crippen LogP contribution in [0.2, 0.25) is 0 Å². The Morgan fingerprint density at radius 1 is 1.41 bits per heavy atom. The molecule has 2 unspecified atom stereocenters. The van der Waals surface area contributed by atoms with Gasteiger partial charge in [-0.15, -0.1) is 0 Å². The Morgan fingerprint density at radius 2 is 2.18 bits per heavy atom. The summed E-state index contributed by atoms with van der Waals surface area (Å²) in [6, 6.07) is 6.00. The van der Waals surface area contributed by atoms with Crippen LogP contribution < -0.4 is 4.74 Å². The van der Waals surface area contributed by atoms with Gasteiger partial charge in [0.2, 0.25) is 0 Å². The van der Waals surface area contributed by atoms with E-state index < -0.39 is 0 Å². The first-order valence-electron chi connectivity index (χ1n) is 5.86. The smallest absolute Gasteiger partial charge is 0.123 e. The minimum absolute atomic E-state index is 0.159. The topological polar surface area (TPSA) is 29.5 Å². The molecule has 1 saturated heterocycles. The molecular formula is C13H17FO2S. The number of rotatable bonds is 5. The Bertz CT molecular complexity index is 336. The quantitative estimate of drug-likeness (QED) is 0.878. The van der Waals surface area contributed by atoms with Gasteiger partial charge in [0.05, 0.1) is 6.61 Å². The van der Waals surface area contributed by atoms with Crippen molar-refractivity contribution < 1.29 is 14.2 Å². The highest BCUT2D eigenvalue weighted by Gasteiger charge is 2.25. The fourth-order valence-corrected chi connectivity index (χ4v) is 3.37. The second kappa shape index (κ2) is 6.26. The first-order valence-corrected chi connectivity index (χ1v) is 7.02. The van der Waals surface area contributed by atoms with E-state index in [-0.39, 0.29) is 18.3 Å². The van der Waals surface area contributed by atoms with Crippen molar-refractivity contribution in [2.24, 2.45) is 11.8 Å². The number of hydrogen-bond donors (Lipinski definition) is 1. The molecule has 0 amide bonds. The average Bonchev–Trinajstić information content (AvgIpc) is 2.86. The van der Waals surface area contributed by atoms with Crippen molar-refractivity contribution in [2.45, 2.75) is 6.42 Å². The third-order valence-electron chi connectivity index (χ3n) is 3.14. The van der Waals surface area contributed by atoms with E-state index in [2.05, 4.69) is 0 Å². The van der Waals surface area contributed by atoms with E-state index in [1.165, 1.54) is 17.9 Å². The maximum Gasteiger partial charge on any atom is 0.123 e. The molecule has 1 aromatic carbocycles. The van der Waals surface area contributed by atoms with Crippen LogP contribution in [0.3, 0.4) is 0 Å². The maximum absolute atomic E-state index is 12.7. The zero-order valence-corrected chi connectivity index (χ0v) is 10.5. The Kier molecular flexibility index (Phi) is 4.68. The zero-order chi connectivity index (χ0) is 12.1. The van der Waals surface area contributed by atoms with Crippen LogP contribution in [-0.4, -0.2) is 29.8 Å². The van der Waals surface area contributed by atoms with Gasteiger partial charge in [-0.25, -0.2) is 4.39 Å². The van der Waals surface area contributed by atoms with Crippen LogP contribution in [0, 0.1) is 17.7 Å². The summed E-state index contributed by atoms with van der Waals surface area (Å²) >= 11 is 1.93. The standard InChI is InChI=1S/C13H17FO2S/c14-12-1-3-13(4-2-12)16-8-11(7-15)10-5-6-17-9-10/h1-4,10-11,15H,5-9H2. The molecule has 0 spiro atoms. The van der Waals surface area contributed by atoms with Crippen LogP contribution in [0.25, 0.3) is 0 Å². The molecule has 1 aliphatic rings. The molecule has 17 heavy (non-hydrogen) atoms. The Morgan fingerprint density at radius 3 is 2.76 bits per heavy atom. The molecule has 2 atom stereocenters. The molecule has 2 nitrogen and oxygen atoms in total. The van der Waals surface area contributed by atoms with Crippen molar-refractivity contribution in [1.82, 2.24) is 0 Å². The number of hydrogen-bond acceptors (Lipinski definition) is 3. The monoisotopic (exact) mass is 256 g/mol. The van der Waals surface area contributed by atoms with Crippen LogP contribution in [0.4, 0.5) is 4.39 Å². The van der Waals surface area contributed by atoms with Gasteiger partial charge in [-0.2, -0.15) is 11.8 Å². The highest BCUT2D eigenvalue weighted by atomic mass is 32.2. The van der Waals surface area contributed by atoms with Gasteiger partial charge in [0.25, 0.3) is 0 Å². The summed E-state index contributed by atoms with van der Waals surface area (Å²) in [5.74, 6) is 3.43. The molecule has 1 aliphatic heterocycles. The number of aliphatic hydroxyl groups is 1. The normalized spacial score (nSPS) is 21.4. The van der Waals surface area contributed by atoms with Gasteiger partial charge in [0.15, 0.2) is 0 Å². The summed E-state index contributed by atoms with van der Waals surface area (Å²) in [6.07, 6.45) is 1.16. The van der Waals surface area contributed by atoms with E-state index >= 15 is 0 Å². The van der Waals surface area contributed by atoms with Crippen molar-refractivity contribution in [3.63, 3.8) is 0 Å². The predicted octanol–water partition coefficient (Wildman–Crippen LogP) is 2.57. The number of aliphatic hydroxyl groups excluding tert-OH is 1. The lowest BCUT2D eigenvalue weighted by atomic mass is 9.93. The van der Waals surface area contributed by atoms with Gasteiger partial charge in [0.1, 0.15) is 11.6 Å². The number of benzene rings is 1. The average molecular weight is 256 g/mol. The molecule has 2 rings (SSSR count). The summed E-state index contributed by atoms with van der Waals surface area (Å²) < 4.78 is 18.3. The second-order valence-corrected chi connectivity index (χ2v) is 5.48. The summed E-state index contributed by atoms with van der Waals surface area (Å²) in [6.45, 7) is 0.666. The van der Waals surface area contributed by atoms with Gasteiger partial charge in [-0.3, -0.25) is 0 Å². The fourth-order valence-electron chi connectivity index (χ4n) is 2.00. The summed E-state index contributed by atoms with van der Waals surface area (Å²) in [7, 11) is 0. The summed E-state index contributed by atoms with van der Waals surface area (Å²) in [5, 5.41) is 9.36. The second-order valence-electron chi connectivity index (χ2n) is 4.33. The minimum Gasteiger partial charge on any atom is -0.493 e. The van der Waals surface area contributed by atoms with Crippen molar-refractivity contribution in [1.29, 1.82) is 0 Å². The highest BCUT2D eigenvalue weighted by Crippen LogP contribution is 2.30. The highest BCUT2D eigenvalue weighted by molar-refractivity contribution is 7.99. The first kappa shape index (κ1) is 12.7. The van der Waals surface area contributed by atoms with Gasteiger partial charge >= 0.3 is 0 Å². The van der Waals surface area contributed by atoms with Crippen LogP contribution in [-0.2, 0) is 0 Å². The van der Waals surface area contributed by atoms with E-state index in [0.717, 1.165) is 12.2 Å². The SMILES string of the molecule is OCC(COc1ccc(F)cc1)C1CCSC1. The lowest BCUT2D eigenvalue weighted by molar-refractivity contribution is 0.126. The largest absolute Gasteiger partial charge is 0.493 e. The lowest BCUT2D eigenvalue weighted by Crippen LogP contribution is -2.25. The van der Waals surface area contributed by atoms with E-state index in [4.69, 9.17) is 4.74 Å². The minimum atomic E-state index is -0.261. The van der Waals surface area contributed by atoms with Gasteiger partial charge in [0, 0.05) is 12.5 Å². The molecule has 0 aromatic heterocycles. The fraction of sp³-hybridized carbons (Fsp3) is 0.538. The van der Waals surface area contributed by atoms with Gasteiger partial charge < -0.3 is 9.84 Å². The summed E-state index contributed by atoms with van der Waals surface area (Å²) in [4.78, 5) is 0. The van der Waals surface area contributed by atoms with Crippen molar-refractivity contribution >= 4 is 11.8 Å². The Labute approximate surface area is 105 Å². The van der Waals surface area contributed by atoms with Gasteiger partial charge in [-0.05, 0) is 48.1 Å². The molecule has 1 N–H and O–H groups in total. The molecule has 0 bridgehead atoms. The molecule has 1 fully saturated rings. The van der Waals surface area contributed by atoms with Crippen LogP contribution >= 0.6 is 11.8 Å². The maximum atomic E-state index is 12.7. The summed E-state index contributed by atoms with van der Waals surface area (Å²) in [5.41, 5.74) is 0. The molecule has 1 heterocycles. The van der Waals surface area contributed by atoms with Crippen molar-refractivity contribution in [3.8, 4) is 5.75 Å². The molecule has 94 valence electrons. The number of ether oxygens (including phenoxy) is 1. The van der Waals surface area contributed by atoms with Crippen LogP contribution in [0.5, 0.6) is 5.75 Å². The van der Waals surface area contributed by atoms with E-state index in [1.807, 2.05) is 11.8 Å². The lowest BCUT2D eigenvalue weighted by Gasteiger charge is -2.20. The third kappa shape index (κ3) is 3.61. The van der Waals surface area contributed by atoms with E-state index in [1.54, 1.807) is 12.1 Å². The van der Waals surface area contributed by atoms with Crippen molar-refractivity contribution in [2.75, 3.05) is 24.7 Å². The van der Waals surface area contributed by atoms with Crippen LogP contribution in [0.1, 0.15) is 6.42 Å². The zero-order valence-electron chi connectivity index (χ0n) is 9.64. The molecular weight excluding hydrogens is 239 g/mol. The van der Waals surface area contributed by atoms with Crippen molar-refractivity contribution in [3.05, 3.63) is 30.1 Å². The van der Waals surface area contributed by atoms with Crippen LogP contribution in [0.15, 0.2) is 24.3 Å². The Hall–Kier alpha value is -0.740. The molecule has 0 aliphatic carbocycles. The van der Waals surface area contributed by atoms with Gasteiger partial charge in [-0.1, -0.05) is 0 Å². The molecule has 0 saturated carbocycles. The predicted molar refractivity (Wildman–Crippen MR) is 67.9 cm³/mol. The Balaban J connectivity index is 1.84. The molecule has 0 radical (unpaired) electrons. The van der Waals surface area contributed by atoms with E-state index in [0.29, 0.717) is 18.3 Å². The third-order valence-corrected chi connectivity index (χ3v) is 4.33.